The van der Waals surface area contributed by atoms with Crippen molar-refractivity contribution in [3.8, 4) is 0 Å². The lowest BCUT2D eigenvalue weighted by atomic mass is 10.1. The number of hydrogen-bond acceptors (Lipinski definition) is 3. The summed E-state index contributed by atoms with van der Waals surface area (Å²) in [6.45, 7) is 1.39. The Labute approximate surface area is 82.5 Å². The van der Waals surface area contributed by atoms with Crippen LogP contribution in [-0.2, 0) is 11.3 Å². The van der Waals surface area contributed by atoms with E-state index in [1.54, 1.807) is 12.3 Å². The van der Waals surface area contributed by atoms with E-state index in [0.717, 1.165) is 19.4 Å². The second kappa shape index (κ2) is 4.37. The fourth-order valence-corrected chi connectivity index (χ4v) is 1.67. The van der Waals surface area contributed by atoms with Crippen LogP contribution in [0.4, 0.5) is 0 Å². The first-order chi connectivity index (χ1) is 6.86. The van der Waals surface area contributed by atoms with Gasteiger partial charge in [0.1, 0.15) is 0 Å². The van der Waals surface area contributed by atoms with Crippen molar-refractivity contribution < 1.29 is 4.74 Å². The number of hydrogen-bond donors (Lipinski definition) is 0. The summed E-state index contributed by atoms with van der Waals surface area (Å²) in [5.74, 6) is 0. The third-order valence-electron chi connectivity index (χ3n) is 2.44. The van der Waals surface area contributed by atoms with E-state index in [1.165, 1.54) is 17.2 Å². The largest absolute Gasteiger partial charge is 0.376 e. The molecule has 1 atom stereocenters. The molecular formula is C10H14N2O2. The third-order valence-corrected chi connectivity index (χ3v) is 2.44. The summed E-state index contributed by atoms with van der Waals surface area (Å²) < 4.78 is 7.01. The summed E-state index contributed by atoms with van der Waals surface area (Å²) in [5, 5.41) is 4.00. The Hall–Kier alpha value is -1.16. The van der Waals surface area contributed by atoms with Crippen LogP contribution in [0.25, 0.3) is 0 Å². The second-order valence-electron chi connectivity index (χ2n) is 3.53. The summed E-state index contributed by atoms with van der Waals surface area (Å²) in [6.07, 6.45) is 5.14. The molecule has 0 bridgehead atoms. The number of rotatable bonds is 2. The normalized spacial score (nSPS) is 22.1. The highest BCUT2D eigenvalue weighted by Gasteiger charge is 2.14. The Balaban J connectivity index is 2.03. The molecule has 1 fully saturated rings. The maximum Gasteiger partial charge on any atom is 0.266 e. The van der Waals surface area contributed by atoms with Gasteiger partial charge in [0.05, 0.1) is 12.6 Å². The number of nitrogens with zero attached hydrogens (tertiary/aromatic N) is 2. The van der Waals surface area contributed by atoms with Gasteiger partial charge in [0, 0.05) is 18.9 Å². The Morgan fingerprint density at radius 3 is 3.21 bits per heavy atom. The van der Waals surface area contributed by atoms with E-state index in [0.29, 0.717) is 6.54 Å². The van der Waals surface area contributed by atoms with Crippen molar-refractivity contribution in [1.29, 1.82) is 0 Å². The van der Waals surface area contributed by atoms with Crippen LogP contribution in [0.2, 0.25) is 0 Å². The van der Waals surface area contributed by atoms with E-state index in [9.17, 15) is 4.79 Å². The summed E-state index contributed by atoms with van der Waals surface area (Å²) in [4.78, 5) is 11.3. The van der Waals surface area contributed by atoms with E-state index in [-0.39, 0.29) is 11.7 Å². The molecule has 0 N–H and O–H groups in total. The summed E-state index contributed by atoms with van der Waals surface area (Å²) in [5.41, 5.74) is -0.0540. The van der Waals surface area contributed by atoms with E-state index >= 15 is 0 Å². The Morgan fingerprint density at radius 1 is 1.57 bits per heavy atom. The maximum absolute atomic E-state index is 11.3. The first-order valence-electron chi connectivity index (χ1n) is 5.00. The van der Waals surface area contributed by atoms with Crippen LogP contribution in [0, 0.1) is 0 Å². The lowest BCUT2D eigenvalue weighted by Crippen LogP contribution is -2.31. The minimum atomic E-state index is -0.0540. The first-order valence-corrected chi connectivity index (χ1v) is 5.00. The van der Waals surface area contributed by atoms with Crippen molar-refractivity contribution in [2.45, 2.75) is 31.9 Å². The molecule has 1 aromatic rings. The predicted molar refractivity (Wildman–Crippen MR) is 52.1 cm³/mol. The Kier molecular flexibility index (Phi) is 2.93. The van der Waals surface area contributed by atoms with Gasteiger partial charge in [-0.2, -0.15) is 5.10 Å². The van der Waals surface area contributed by atoms with Gasteiger partial charge in [0.2, 0.25) is 0 Å². The van der Waals surface area contributed by atoms with Crippen LogP contribution in [0.15, 0.2) is 23.1 Å². The van der Waals surface area contributed by atoms with E-state index < -0.39 is 0 Å². The van der Waals surface area contributed by atoms with Crippen molar-refractivity contribution in [1.82, 2.24) is 9.78 Å². The molecule has 0 spiro atoms. The van der Waals surface area contributed by atoms with Gasteiger partial charge in [-0.25, -0.2) is 4.68 Å². The molecule has 4 nitrogen and oxygen atoms in total. The number of aromatic nitrogens is 2. The fraction of sp³-hybridized carbons (Fsp3) is 0.600. The van der Waals surface area contributed by atoms with Crippen molar-refractivity contribution in [2.75, 3.05) is 6.61 Å². The zero-order valence-electron chi connectivity index (χ0n) is 8.06. The van der Waals surface area contributed by atoms with Crippen molar-refractivity contribution in [2.24, 2.45) is 0 Å². The SMILES string of the molecule is O=c1cccnn1CC1CCCCO1. The molecule has 1 aliphatic rings. The van der Waals surface area contributed by atoms with Gasteiger partial charge in [-0.3, -0.25) is 4.79 Å². The van der Waals surface area contributed by atoms with Crippen LogP contribution in [0.5, 0.6) is 0 Å². The molecule has 2 heterocycles. The van der Waals surface area contributed by atoms with Crippen molar-refractivity contribution in [3.05, 3.63) is 28.7 Å². The monoisotopic (exact) mass is 194 g/mol. The fourth-order valence-electron chi connectivity index (χ4n) is 1.67. The average molecular weight is 194 g/mol. The lowest BCUT2D eigenvalue weighted by Gasteiger charge is -2.22. The van der Waals surface area contributed by atoms with Crippen LogP contribution in [-0.4, -0.2) is 22.5 Å². The highest BCUT2D eigenvalue weighted by Crippen LogP contribution is 2.13. The van der Waals surface area contributed by atoms with Gasteiger partial charge in [-0.05, 0) is 25.3 Å². The molecule has 1 aromatic heterocycles. The minimum Gasteiger partial charge on any atom is -0.376 e. The smallest absolute Gasteiger partial charge is 0.266 e. The van der Waals surface area contributed by atoms with E-state index in [2.05, 4.69) is 5.10 Å². The third kappa shape index (κ3) is 2.20. The summed E-state index contributed by atoms with van der Waals surface area (Å²) >= 11 is 0. The van der Waals surface area contributed by atoms with Crippen LogP contribution >= 0.6 is 0 Å². The summed E-state index contributed by atoms with van der Waals surface area (Å²) in [7, 11) is 0. The summed E-state index contributed by atoms with van der Waals surface area (Å²) in [6, 6.07) is 3.18. The second-order valence-corrected chi connectivity index (χ2v) is 3.53. The molecule has 0 aromatic carbocycles. The quantitative estimate of drug-likeness (QED) is 0.700. The Morgan fingerprint density at radius 2 is 2.50 bits per heavy atom. The van der Waals surface area contributed by atoms with E-state index in [1.807, 2.05) is 0 Å². The van der Waals surface area contributed by atoms with Gasteiger partial charge in [0.15, 0.2) is 0 Å². The lowest BCUT2D eigenvalue weighted by molar-refractivity contribution is 0.00315. The topological polar surface area (TPSA) is 44.1 Å². The van der Waals surface area contributed by atoms with Crippen molar-refractivity contribution in [3.63, 3.8) is 0 Å². The van der Waals surface area contributed by atoms with Gasteiger partial charge in [-0.1, -0.05) is 0 Å². The van der Waals surface area contributed by atoms with Gasteiger partial charge < -0.3 is 4.74 Å². The highest BCUT2D eigenvalue weighted by atomic mass is 16.5. The highest BCUT2D eigenvalue weighted by molar-refractivity contribution is 4.85. The molecule has 76 valence electrons. The van der Waals surface area contributed by atoms with Crippen molar-refractivity contribution >= 4 is 0 Å². The predicted octanol–water partition coefficient (Wildman–Crippen LogP) is 0.812. The molecule has 1 aliphatic heterocycles. The minimum absolute atomic E-state index is 0.0540. The molecule has 2 rings (SSSR count). The van der Waals surface area contributed by atoms with Crippen LogP contribution in [0.3, 0.4) is 0 Å². The molecule has 4 heteroatoms. The van der Waals surface area contributed by atoms with Gasteiger partial charge in [0.25, 0.3) is 5.56 Å². The zero-order chi connectivity index (χ0) is 9.80. The van der Waals surface area contributed by atoms with E-state index in [4.69, 9.17) is 4.74 Å². The van der Waals surface area contributed by atoms with Gasteiger partial charge in [-0.15, -0.1) is 0 Å². The molecule has 0 radical (unpaired) electrons. The maximum atomic E-state index is 11.3. The molecular weight excluding hydrogens is 180 g/mol. The molecule has 0 saturated carbocycles. The Bertz CT molecular complexity index is 342. The standard InChI is InChI=1S/C10H14N2O2/c13-10-5-3-6-11-12(10)8-9-4-1-2-7-14-9/h3,5-6,9H,1-2,4,7-8H2. The molecule has 1 saturated heterocycles. The average Bonchev–Trinajstić information content (AvgIpc) is 2.23. The zero-order valence-corrected chi connectivity index (χ0v) is 8.06. The molecule has 1 unspecified atom stereocenters. The van der Waals surface area contributed by atoms with Gasteiger partial charge >= 0.3 is 0 Å². The molecule has 14 heavy (non-hydrogen) atoms. The first kappa shape index (κ1) is 9.40. The molecule has 0 amide bonds. The molecule has 0 aliphatic carbocycles. The van der Waals surface area contributed by atoms with Crippen LogP contribution < -0.4 is 5.56 Å². The van der Waals surface area contributed by atoms with Crippen LogP contribution in [0.1, 0.15) is 19.3 Å². The number of ether oxygens (including phenoxy) is 1.